The first-order valence-corrected chi connectivity index (χ1v) is 16.9. The van der Waals surface area contributed by atoms with Gasteiger partial charge in [0.05, 0.1) is 6.10 Å². The zero-order chi connectivity index (χ0) is 30.8. The lowest BCUT2D eigenvalue weighted by Gasteiger charge is -2.35. The Morgan fingerprint density at radius 1 is 0.705 bits per heavy atom. The van der Waals surface area contributed by atoms with Crippen molar-refractivity contribution < 1.29 is 9.84 Å². The zero-order valence-corrected chi connectivity index (χ0v) is 27.3. The molecule has 226 valence electrons. The normalized spacial score (nSPS) is 13.5. The smallest absolute Gasteiger partial charge is 0.127 e. The van der Waals surface area contributed by atoms with Gasteiger partial charge in [0.2, 0.25) is 0 Å². The van der Waals surface area contributed by atoms with Gasteiger partial charge in [0.15, 0.2) is 0 Å². The molecule has 0 heterocycles. The minimum atomic E-state index is -0.513. The molecule has 0 aliphatic rings. The third kappa shape index (κ3) is 8.26. The van der Waals surface area contributed by atoms with Gasteiger partial charge in [0, 0.05) is 17.1 Å². The number of rotatable bonds is 14. The van der Waals surface area contributed by atoms with E-state index in [1.54, 1.807) is 0 Å². The quantitative estimate of drug-likeness (QED) is 0.129. The van der Waals surface area contributed by atoms with Crippen molar-refractivity contribution >= 4 is 13.9 Å². The van der Waals surface area contributed by atoms with Crippen molar-refractivity contribution in [3.05, 3.63) is 166 Å². The Bertz CT molecular complexity index is 1600. The summed E-state index contributed by atoms with van der Waals surface area (Å²) >= 11 is 0. The number of hydrogen-bond donors (Lipinski definition) is 1. The highest BCUT2D eigenvalue weighted by Crippen LogP contribution is 2.51. The molecule has 44 heavy (non-hydrogen) atoms. The van der Waals surface area contributed by atoms with Crippen LogP contribution in [0.15, 0.2) is 127 Å². The zero-order valence-electron chi connectivity index (χ0n) is 26.3. The maximum Gasteiger partial charge on any atom is 0.127 e. The minimum Gasteiger partial charge on any atom is -0.488 e. The molecule has 3 unspecified atom stereocenters. The molecule has 5 aromatic rings. The second-order valence-electron chi connectivity index (χ2n) is 12.1. The van der Waals surface area contributed by atoms with Crippen molar-refractivity contribution in [1.29, 1.82) is 0 Å². The van der Waals surface area contributed by atoms with Crippen molar-refractivity contribution in [3.63, 3.8) is 0 Å². The van der Waals surface area contributed by atoms with E-state index in [0.717, 1.165) is 49.0 Å². The number of benzene rings is 5. The summed E-state index contributed by atoms with van der Waals surface area (Å²) in [6.07, 6.45) is 4.44. The summed E-state index contributed by atoms with van der Waals surface area (Å²) < 4.78 is 6.93. The number of ether oxygens (including phenoxy) is 1. The predicted molar refractivity (Wildman–Crippen MR) is 188 cm³/mol. The molecule has 3 heteroatoms. The molecule has 0 fully saturated rings. The van der Waals surface area contributed by atoms with Crippen LogP contribution >= 0.6 is 8.58 Å². The molecule has 0 radical (unpaired) electrons. The Labute approximate surface area is 265 Å². The summed E-state index contributed by atoms with van der Waals surface area (Å²) in [5, 5.41) is 11.8. The van der Waals surface area contributed by atoms with E-state index < -0.39 is 6.10 Å². The average molecular weight is 601 g/mol. The van der Waals surface area contributed by atoms with Crippen LogP contribution in [-0.4, -0.2) is 5.11 Å². The molecule has 0 aliphatic heterocycles. The lowest BCUT2D eigenvalue weighted by molar-refractivity contribution is 0.200. The third-order valence-corrected chi connectivity index (χ3v) is 10.2. The predicted octanol–water partition coefficient (Wildman–Crippen LogP) is 9.91. The van der Waals surface area contributed by atoms with Gasteiger partial charge in [-0.15, -0.1) is 0 Å². The van der Waals surface area contributed by atoms with Crippen LogP contribution in [0.1, 0.15) is 85.1 Å². The summed E-state index contributed by atoms with van der Waals surface area (Å²) in [6.45, 7) is 7.08. The molecule has 5 rings (SSSR count). The molecule has 0 aromatic heterocycles. The Morgan fingerprint density at radius 2 is 1.27 bits per heavy atom. The highest BCUT2D eigenvalue weighted by atomic mass is 31.1. The molecule has 0 spiro atoms. The maximum atomic E-state index is 10.7. The summed E-state index contributed by atoms with van der Waals surface area (Å²) in [4.78, 5) is 0. The van der Waals surface area contributed by atoms with Crippen LogP contribution in [0.5, 0.6) is 5.75 Å². The second kappa shape index (κ2) is 15.3. The molecular formula is C41H45O2P. The van der Waals surface area contributed by atoms with Crippen LogP contribution in [0.2, 0.25) is 0 Å². The van der Waals surface area contributed by atoms with E-state index in [0.29, 0.717) is 15.2 Å². The molecule has 0 saturated heterocycles. The van der Waals surface area contributed by atoms with Crippen molar-refractivity contribution in [2.24, 2.45) is 0 Å². The van der Waals surface area contributed by atoms with E-state index >= 15 is 0 Å². The number of aliphatic hydroxyl groups excluding tert-OH is 1. The number of aliphatic hydroxyl groups is 1. The summed E-state index contributed by atoms with van der Waals surface area (Å²) in [6, 6.07) is 45.2. The van der Waals surface area contributed by atoms with Gasteiger partial charge in [-0.05, 0) is 58.5 Å². The highest BCUT2D eigenvalue weighted by Gasteiger charge is 2.33. The Balaban J connectivity index is 1.68. The molecule has 2 nitrogen and oxygen atoms in total. The van der Waals surface area contributed by atoms with Crippen LogP contribution in [0.25, 0.3) is 0 Å². The van der Waals surface area contributed by atoms with Crippen LogP contribution < -0.4 is 10.0 Å². The Morgan fingerprint density at radius 3 is 1.89 bits per heavy atom. The fraction of sp³-hybridized carbons (Fsp3) is 0.268. The Hall–Kier alpha value is -3.71. The lowest BCUT2D eigenvalue weighted by Crippen LogP contribution is -2.23. The van der Waals surface area contributed by atoms with Gasteiger partial charge in [-0.3, -0.25) is 0 Å². The molecule has 0 aliphatic carbocycles. The monoisotopic (exact) mass is 600 g/mol. The fourth-order valence-electron chi connectivity index (χ4n) is 6.01. The topological polar surface area (TPSA) is 29.5 Å². The van der Waals surface area contributed by atoms with Crippen molar-refractivity contribution in [1.82, 2.24) is 0 Å². The molecule has 5 aromatic carbocycles. The van der Waals surface area contributed by atoms with Crippen molar-refractivity contribution in [2.75, 3.05) is 0 Å². The van der Waals surface area contributed by atoms with Gasteiger partial charge in [-0.2, -0.15) is 0 Å². The molecule has 3 atom stereocenters. The van der Waals surface area contributed by atoms with Gasteiger partial charge >= 0.3 is 0 Å². The molecular weight excluding hydrogens is 555 g/mol. The highest BCUT2D eigenvalue weighted by molar-refractivity contribution is 7.48. The van der Waals surface area contributed by atoms with Gasteiger partial charge in [-0.1, -0.05) is 163 Å². The van der Waals surface area contributed by atoms with Crippen molar-refractivity contribution in [3.8, 4) is 5.75 Å². The van der Waals surface area contributed by atoms with E-state index in [1.165, 1.54) is 33.1 Å². The summed E-state index contributed by atoms with van der Waals surface area (Å²) in [5.74, 6) is 1.01. The SMILES string of the molecule is CCCCC(C)(Pc1ccccc1C(C)O)c1cc(Cc2ccccc2)cc(Cc2ccccc2)c1OCc1ccccc1. The van der Waals surface area contributed by atoms with Crippen LogP contribution in [-0.2, 0) is 24.6 Å². The Kier molecular flexibility index (Phi) is 11.1. The van der Waals surface area contributed by atoms with Crippen molar-refractivity contribution in [2.45, 2.75) is 70.7 Å². The molecule has 0 saturated carbocycles. The van der Waals surface area contributed by atoms with Gasteiger partial charge in [0.1, 0.15) is 12.4 Å². The van der Waals surface area contributed by atoms with Gasteiger partial charge in [0.25, 0.3) is 0 Å². The third-order valence-electron chi connectivity index (χ3n) is 8.39. The summed E-state index contributed by atoms with van der Waals surface area (Å²) in [5.41, 5.74) is 8.57. The molecule has 0 amide bonds. The molecule has 0 bridgehead atoms. The van der Waals surface area contributed by atoms with E-state index in [9.17, 15) is 5.11 Å². The standard InChI is InChI=1S/C41H45O2P/c1-4-5-25-41(3,44-39-24-16-15-23-37(39)31(2)42)38-29-35(26-32-17-9-6-10-18-32)28-36(27-33-19-11-7-12-20-33)40(38)43-30-34-21-13-8-14-22-34/h6-24,28-29,31,42,44H,4-5,25-27,30H2,1-3H3. The minimum absolute atomic E-state index is 0.175. The van der Waals surface area contributed by atoms with Gasteiger partial charge < -0.3 is 9.84 Å². The fourth-order valence-corrected chi connectivity index (χ4v) is 7.85. The first-order chi connectivity index (χ1) is 21.4. The molecule has 1 N–H and O–H groups in total. The maximum absolute atomic E-state index is 10.7. The van der Waals surface area contributed by atoms with E-state index in [2.05, 4.69) is 135 Å². The first kappa shape index (κ1) is 31.7. The first-order valence-electron chi connectivity index (χ1n) is 15.9. The van der Waals surface area contributed by atoms with E-state index in [-0.39, 0.29) is 5.16 Å². The summed E-state index contributed by atoms with van der Waals surface area (Å²) in [7, 11) is 0.483. The second-order valence-corrected chi connectivity index (χ2v) is 13.9. The average Bonchev–Trinajstić information content (AvgIpc) is 3.05. The van der Waals surface area contributed by atoms with E-state index in [1.807, 2.05) is 13.0 Å². The van der Waals surface area contributed by atoms with Crippen LogP contribution in [0.3, 0.4) is 0 Å². The van der Waals surface area contributed by atoms with Crippen LogP contribution in [0, 0.1) is 0 Å². The number of unbranched alkanes of at least 4 members (excludes halogenated alkanes) is 1. The lowest BCUT2D eigenvalue weighted by atomic mass is 9.87. The van der Waals surface area contributed by atoms with E-state index in [4.69, 9.17) is 4.74 Å². The largest absolute Gasteiger partial charge is 0.488 e. The van der Waals surface area contributed by atoms with Gasteiger partial charge in [-0.25, -0.2) is 0 Å². The van der Waals surface area contributed by atoms with Crippen LogP contribution in [0.4, 0.5) is 0 Å². The number of hydrogen-bond acceptors (Lipinski definition) is 2.